The number of hydrogen-bond acceptors (Lipinski definition) is 3. The molecule has 5 heteroatoms. The Morgan fingerprint density at radius 2 is 2.00 bits per heavy atom. The van der Waals surface area contributed by atoms with Crippen LogP contribution in [0.3, 0.4) is 0 Å². The van der Waals surface area contributed by atoms with E-state index >= 15 is 0 Å². The molecule has 5 nitrogen and oxygen atoms in total. The van der Waals surface area contributed by atoms with Crippen LogP contribution in [-0.2, 0) is 13.0 Å². The van der Waals surface area contributed by atoms with Crippen molar-refractivity contribution in [3.05, 3.63) is 35.4 Å². The Balaban J connectivity index is 1.77. The van der Waals surface area contributed by atoms with Crippen LogP contribution in [0.15, 0.2) is 29.3 Å². The number of β-amino-alcohol motifs (C(OH)–C–C–N with tert-alkyl or cyclic N) is 1. The summed E-state index contributed by atoms with van der Waals surface area (Å²) in [5.74, 6) is 0.807. The Labute approximate surface area is 152 Å². The Bertz CT molecular complexity index is 532. The molecule has 2 rings (SSSR count). The summed E-state index contributed by atoms with van der Waals surface area (Å²) in [7, 11) is 0. The number of hydrogen-bond donors (Lipinski definition) is 3. The molecule has 3 N–H and O–H groups in total. The molecule has 1 aliphatic rings. The Morgan fingerprint density at radius 1 is 1.20 bits per heavy atom. The maximum absolute atomic E-state index is 10.4. The highest BCUT2D eigenvalue weighted by Gasteiger charge is 2.18. The molecule has 0 saturated heterocycles. The SMILES string of the molecule is CCCCCNC(=NCC(O)CN1CCc2ccccc2C1)NCC. The molecule has 0 saturated carbocycles. The van der Waals surface area contributed by atoms with Gasteiger partial charge in [0.15, 0.2) is 5.96 Å². The smallest absolute Gasteiger partial charge is 0.191 e. The Kier molecular flexibility index (Phi) is 8.77. The first-order chi connectivity index (χ1) is 12.2. The lowest BCUT2D eigenvalue weighted by Crippen LogP contribution is -2.40. The van der Waals surface area contributed by atoms with Gasteiger partial charge in [0.05, 0.1) is 12.6 Å². The second kappa shape index (κ2) is 11.1. The van der Waals surface area contributed by atoms with E-state index in [9.17, 15) is 5.11 Å². The minimum atomic E-state index is -0.434. The van der Waals surface area contributed by atoms with Crippen LogP contribution in [-0.4, -0.2) is 54.8 Å². The predicted octanol–water partition coefficient (Wildman–Crippen LogP) is 2.15. The van der Waals surface area contributed by atoms with Gasteiger partial charge in [-0.3, -0.25) is 9.89 Å². The summed E-state index contributed by atoms with van der Waals surface area (Å²) >= 11 is 0. The number of nitrogens with zero attached hydrogens (tertiary/aromatic N) is 2. The van der Waals surface area contributed by atoms with Crippen molar-refractivity contribution in [2.24, 2.45) is 4.99 Å². The highest BCUT2D eigenvalue weighted by atomic mass is 16.3. The zero-order valence-electron chi connectivity index (χ0n) is 15.8. The summed E-state index contributed by atoms with van der Waals surface area (Å²) in [5, 5.41) is 17.0. The molecule has 1 aromatic rings. The molecule has 1 heterocycles. The van der Waals surface area contributed by atoms with Crippen molar-refractivity contribution in [1.82, 2.24) is 15.5 Å². The number of nitrogens with one attached hydrogen (secondary N) is 2. The van der Waals surface area contributed by atoms with Crippen molar-refractivity contribution in [1.29, 1.82) is 0 Å². The lowest BCUT2D eigenvalue weighted by molar-refractivity contribution is 0.111. The van der Waals surface area contributed by atoms with Gasteiger partial charge in [0.2, 0.25) is 0 Å². The molecule has 0 bridgehead atoms. The van der Waals surface area contributed by atoms with Crippen LogP contribution in [0.5, 0.6) is 0 Å². The molecule has 0 fully saturated rings. The van der Waals surface area contributed by atoms with Crippen molar-refractivity contribution in [3.63, 3.8) is 0 Å². The molecule has 1 unspecified atom stereocenters. The first-order valence-electron chi connectivity index (χ1n) is 9.72. The van der Waals surface area contributed by atoms with E-state index in [2.05, 4.69) is 58.6 Å². The van der Waals surface area contributed by atoms with Crippen molar-refractivity contribution < 1.29 is 5.11 Å². The van der Waals surface area contributed by atoms with Crippen LogP contribution in [0.4, 0.5) is 0 Å². The van der Waals surface area contributed by atoms with Crippen molar-refractivity contribution in [2.75, 3.05) is 32.7 Å². The third-order valence-corrected chi connectivity index (χ3v) is 4.56. The third kappa shape index (κ3) is 7.04. The summed E-state index contributed by atoms with van der Waals surface area (Å²) in [4.78, 5) is 6.86. The number of aliphatic hydroxyl groups excluding tert-OH is 1. The molecule has 1 atom stereocenters. The van der Waals surface area contributed by atoms with E-state index in [0.29, 0.717) is 13.1 Å². The maximum atomic E-state index is 10.4. The maximum Gasteiger partial charge on any atom is 0.191 e. The Morgan fingerprint density at radius 3 is 2.76 bits per heavy atom. The van der Waals surface area contributed by atoms with Crippen LogP contribution < -0.4 is 10.6 Å². The number of guanidine groups is 1. The quantitative estimate of drug-likeness (QED) is 0.364. The number of benzene rings is 1. The van der Waals surface area contributed by atoms with Gasteiger partial charge in [0, 0.05) is 32.7 Å². The minimum absolute atomic E-state index is 0.432. The summed E-state index contributed by atoms with van der Waals surface area (Å²) in [6.07, 6.45) is 4.22. The van der Waals surface area contributed by atoms with Gasteiger partial charge in [-0.1, -0.05) is 44.0 Å². The van der Waals surface area contributed by atoms with Crippen molar-refractivity contribution in [2.45, 2.75) is 52.2 Å². The largest absolute Gasteiger partial charge is 0.390 e. The number of aliphatic hydroxyl groups is 1. The number of unbranched alkanes of at least 4 members (excludes halogenated alkanes) is 2. The highest BCUT2D eigenvalue weighted by molar-refractivity contribution is 5.79. The zero-order chi connectivity index (χ0) is 17.9. The fraction of sp³-hybridized carbons (Fsp3) is 0.650. The lowest BCUT2D eigenvalue weighted by atomic mass is 10.00. The highest BCUT2D eigenvalue weighted by Crippen LogP contribution is 2.18. The monoisotopic (exact) mass is 346 g/mol. The Hall–Kier alpha value is -1.59. The molecule has 0 spiro atoms. The molecule has 140 valence electrons. The molecular formula is C20H34N4O. The molecular weight excluding hydrogens is 312 g/mol. The molecule has 0 aromatic heterocycles. The molecule has 25 heavy (non-hydrogen) atoms. The average Bonchev–Trinajstić information content (AvgIpc) is 2.63. The van der Waals surface area contributed by atoms with Crippen LogP contribution in [0, 0.1) is 0 Å². The number of aliphatic imine (C=N–C) groups is 1. The van der Waals surface area contributed by atoms with Gasteiger partial charge in [-0.05, 0) is 30.9 Å². The standard InChI is InChI=1S/C20H34N4O/c1-3-5-8-12-22-20(21-4-2)23-14-19(25)16-24-13-11-17-9-6-7-10-18(17)15-24/h6-7,9-10,19,25H,3-5,8,11-16H2,1-2H3,(H2,21,22,23). The van der Waals surface area contributed by atoms with Gasteiger partial charge >= 0.3 is 0 Å². The summed E-state index contributed by atoms with van der Waals surface area (Å²) in [6.45, 7) is 9.06. The van der Waals surface area contributed by atoms with E-state index in [1.54, 1.807) is 0 Å². The normalized spacial score (nSPS) is 16.4. The first kappa shape index (κ1) is 19.7. The summed E-state index contributed by atoms with van der Waals surface area (Å²) in [5.41, 5.74) is 2.83. The lowest BCUT2D eigenvalue weighted by Gasteiger charge is -2.30. The van der Waals surface area contributed by atoms with Crippen LogP contribution in [0.2, 0.25) is 0 Å². The number of fused-ring (bicyclic) bond motifs is 1. The zero-order valence-corrected chi connectivity index (χ0v) is 15.8. The van der Waals surface area contributed by atoms with Gasteiger partial charge in [0.1, 0.15) is 0 Å². The average molecular weight is 347 g/mol. The summed E-state index contributed by atoms with van der Waals surface area (Å²) in [6, 6.07) is 8.60. The van der Waals surface area contributed by atoms with Crippen LogP contribution in [0.25, 0.3) is 0 Å². The van der Waals surface area contributed by atoms with Gasteiger partial charge in [-0.15, -0.1) is 0 Å². The van der Waals surface area contributed by atoms with E-state index in [0.717, 1.165) is 45.0 Å². The topological polar surface area (TPSA) is 59.9 Å². The predicted molar refractivity (Wildman–Crippen MR) is 105 cm³/mol. The molecule has 0 radical (unpaired) electrons. The van der Waals surface area contributed by atoms with E-state index in [1.165, 1.54) is 24.0 Å². The van der Waals surface area contributed by atoms with Crippen molar-refractivity contribution in [3.8, 4) is 0 Å². The molecule has 1 aliphatic heterocycles. The third-order valence-electron chi connectivity index (χ3n) is 4.56. The van der Waals surface area contributed by atoms with Gasteiger partial charge in [0.25, 0.3) is 0 Å². The van der Waals surface area contributed by atoms with E-state index in [-0.39, 0.29) is 0 Å². The second-order valence-electron chi connectivity index (χ2n) is 6.76. The number of rotatable bonds is 9. The molecule has 0 aliphatic carbocycles. The van der Waals surface area contributed by atoms with Crippen molar-refractivity contribution >= 4 is 5.96 Å². The van der Waals surface area contributed by atoms with E-state index in [1.807, 2.05) is 0 Å². The van der Waals surface area contributed by atoms with Gasteiger partial charge in [-0.2, -0.15) is 0 Å². The fourth-order valence-corrected chi connectivity index (χ4v) is 3.19. The van der Waals surface area contributed by atoms with E-state index in [4.69, 9.17) is 0 Å². The minimum Gasteiger partial charge on any atom is -0.390 e. The van der Waals surface area contributed by atoms with E-state index < -0.39 is 6.10 Å². The van der Waals surface area contributed by atoms with Crippen LogP contribution >= 0.6 is 0 Å². The molecule has 0 amide bonds. The first-order valence-corrected chi connectivity index (χ1v) is 9.72. The van der Waals surface area contributed by atoms with Gasteiger partial charge < -0.3 is 15.7 Å². The van der Waals surface area contributed by atoms with Crippen LogP contribution in [0.1, 0.15) is 44.2 Å². The second-order valence-corrected chi connectivity index (χ2v) is 6.76. The summed E-state index contributed by atoms with van der Waals surface area (Å²) < 4.78 is 0. The molecule has 1 aromatic carbocycles. The fourth-order valence-electron chi connectivity index (χ4n) is 3.19. The van der Waals surface area contributed by atoms with Gasteiger partial charge in [-0.25, -0.2) is 0 Å².